The lowest BCUT2D eigenvalue weighted by Crippen LogP contribution is -2.11. The van der Waals surface area contributed by atoms with Gasteiger partial charge in [0.2, 0.25) is 0 Å². The quantitative estimate of drug-likeness (QED) is 0.194. The van der Waals surface area contributed by atoms with Crippen LogP contribution in [0, 0.1) is 17.5 Å². The van der Waals surface area contributed by atoms with E-state index in [4.69, 9.17) is 0 Å². The van der Waals surface area contributed by atoms with E-state index in [0.717, 1.165) is 42.0 Å². The Morgan fingerprint density at radius 1 is 0.676 bits per heavy atom. The minimum absolute atomic E-state index is 0.186. The van der Waals surface area contributed by atoms with Gasteiger partial charge < -0.3 is 0 Å². The Labute approximate surface area is 193 Å². The fraction of sp³-hybridized carbons (Fsp3) is 0.214. The monoisotopic (exact) mass is 472 g/mol. The Bertz CT molecular complexity index is 1310. The number of benzene rings is 4. The first-order valence-electron chi connectivity index (χ1n) is 11.1. The van der Waals surface area contributed by atoms with Crippen molar-refractivity contribution in [1.82, 2.24) is 0 Å². The first-order chi connectivity index (χ1) is 16.2. The number of fused-ring (bicyclic) bond motifs is 1. The average Bonchev–Trinajstić information content (AvgIpc) is 2.77. The molecule has 0 N–H and O–H groups in total. The lowest BCUT2D eigenvalue weighted by molar-refractivity contribution is -0.142. The van der Waals surface area contributed by atoms with E-state index >= 15 is 0 Å². The fourth-order valence-electron chi connectivity index (χ4n) is 4.24. The molecule has 0 aliphatic rings. The minimum atomic E-state index is -5.18. The van der Waals surface area contributed by atoms with Gasteiger partial charge in [-0.25, -0.2) is 13.2 Å². The van der Waals surface area contributed by atoms with Gasteiger partial charge in [-0.15, -0.1) is 0 Å². The normalized spacial score (nSPS) is 11.9. The van der Waals surface area contributed by atoms with E-state index in [1.165, 1.54) is 17.7 Å². The highest BCUT2D eigenvalue weighted by Gasteiger charge is 2.38. The fourth-order valence-corrected chi connectivity index (χ4v) is 4.24. The third-order valence-electron chi connectivity index (χ3n) is 5.93. The maximum absolute atomic E-state index is 15.0. The van der Waals surface area contributed by atoms with Gasteiger partial charge in [-0.1, -0.05) is 68.3 Å². The van der Waals surface area contributed by atoms with Crippen LogP contribution in [0.5, 0.6) is 0 Å². The second-order valence-corrected chi connectivity index (χ2v) is 8.33. The standard InChI is InChI=1S/C28H22F6/c1-2-3-4-6-17-9-11-22-18(13-17)7-5-8-21(22)19-10-12-23(24(29)14-19)20-15-25(30)27(26(31)16-20)28(32,33)34/h5,7-16H,2-4,6H2,1H3. The summed E-state index contributed by atoms with van der Waals surface area (Å²) in [7, 11) is 0. The molecule has 0 spiro atoms. The summed E-state index contributed by atoms with van der Waals surface area (Å²) in [6.45, 7) is 2.15. The van der Waals surface area contributed by atoms with Crippen LogP contribution in [0.3, 0.4) is 0 Å². The van der Waals surface area contributed by atoms with Crippen LogP contribution in [0.4, 0.5) is 26.3 Å². The molecule has 0 aliphatic carbocycles. The van der Waals surface area contributed by atoms with Crippen molar-refractivity contribution in [2.75, 3.05) is 0 Å². The van der Waals surface area contributed by atoms with Gasteiger partial charge >= 0.3 is 6.18 Å². The second-order valence-electron chi connectivity index (χ2n) is 8.33. The van der Waals surface area contributed by atoms with Gasteiger partial charge in [0.05, 0.1) is 0 Å². The predicted octanol–water partition coefficient (Wildman–Crippen LogP) is 9.34. The summed E-state index contributed by atoms with van der Waals surface area (Å²) in [6.07, 6.45) is -0.780. The minimum Gasteiger partial charge on any atom is -0.206 e. The summed E-state index contributed by atoms with van der Waals surface area (Å²) < 4.78 is 81.5. The van der Waals surface area contributed by atoms with E-state index < -0.39 is 29.2 Å². The van der Waals surface area contributed by atoms with Gasteiger partial charge in [-0.2, -0.15) is 13.2 Å². The molecular formula is C28H22F6. The van der Waals surface area contributed by atoms with E-state index in [-0.39, 0.29) is 11.1 Å². The summed E-state index contributed by atoms with van der Waals surface area (Å²) in [4.78, 5) is 0. The summed E-state index contributed by atoms with van der Waals surface area (Å²) in [5.74, 6) is -4.35. The summed E-state index contributed by atoms with van der Waals surface area (Å²) >= 11 is 0. The average molecular weight is 472 g/mol. The summed E-state index contributed by atoms with van der Waals surface area (Å²) in [6, 6.07) is 17.0. The maximum atomic E-state index is 15.0. The zero-order chi connectivity index (χ0) is 24.5. The van der Waals surface area contributed by atoms with Crippen molar-refractivity contribution in [2.24, 2.45) is 0 Å². The highest BCUT2D eigenvalue weighted by molar-refractivity contribution is 5.97. The number of hydrogen-bond donors (Lipinski definition) is 0. The molecule has 0 saturated carbocycles. The molecule has 0 unspecified atom stereocenters. The van der Waals surface area contributed by atoms with Crippen molar-refractivity contribution in [2.45, 2.75) is 38.8 Å². The zero-order valence-electron chi connectivity index (χ0n) is 18.4. The van der Waals surface area contributed by atoms with Crippen molar-refractivity contribution in [3.63, 3.8) is 0 Å². The van der Waals surface area contributed by atoms with E-state index in [1.807, 2.05) is 24.3 Å². The Hall–Kier alpha value is -3.28. The van der Waals surface area contributed by atoms with Crippen LogP contribution in [0.25, 0.3) is 33.0 Å². The molecule has 0 nitrogen and oxygen atoms in total. The molecule has 0 bridgehead atoms. The van der Waals surface area contributed by atoms with Crippen LogP contribution in [0.2, 0.25) is 0 Å². The molecule has 0 aliphatic heterocycles. The molecule has 4 aromatic rings. The number of aryl methyl sites for hydroxylation is 1. The van der Waals surface area contributed by atoms with Crippen LogP contribution < -0.4 is 0 Å². The van der Waals surface area contributed by atoms with Crippen molar-refractivity contribution in [3.8, 4) is 22.3 Å². The molecule has 34 heavy (non-hydrogen) atoms. The molecular weight excluding hydrogens is 450 g/mol. The van der Waals surface area contributed by atoms with Crippen molar-refractivity contribution >= 4 is 10.8 Å². The molecule has 176 valence electrons. The molecule has 0 atom stereocenters. The molecule has 0 amide bonds. The Morgan fingerprint density at radius 2 is 1.38 bits per heavy atom. The lowest BCUT2D eigenvalue weighted by atomic mass is 9.94. The number of halogens is 6. The van der Waals surface area contributed by atoms with Gasteiger partial charge in [0.15, 0.2) is 0 Å². The van der Waals surface area contributed by atoms with Gasteiger partial charge in [0, 0.05) is 5.56 Å². The number of alkyl halides is 3. The zero-order valence-corrected chi connectivity index (χ0v) is 18.4. The van der Waals surface area contributed by atoms with Crippen LogP contribution in [0.15, 0.2) is 66.7 Å². The van der Waals surface area contributed by atoms with Crippen LogP contribution >= 0.6 is 0 Å². The molecule has 4 aromatic carbocycles. The van der Waals surface area contributed by atoms with E-state index in [0.29, 0.717) is 17.7 Å². The van der Waals surface area contributed by atoms with E-state index in [1.54, 1.807) is 6.07 Å². The van der Waals surface area contributed by atoms with Gasteiger partial charge in [0.1, 0.15) is 23.0 Å². The maximum Gasteiger partial charge on any atom is 0.422 e. The third kappa shape index (κ3) is 4.81. The lowest BCUT2D eigenvalue weighted by Gasteiger charge is -2.13. The molecule has 0 fully saturated rings. The Balaban J connectivity index is 1.70. The van der Waals surface area contributed by atoms with Gasteiger partial charge in [-0.3, -0.25) is 0 Å². The predicted molar refractivity (Wildman–Crippen MR) is 123 cm³/mol. The van der Waals surface area contributed by atoms with Crippen LogP contribution in [0.1, 0.15) is 37.3 Å². The topological polar surface area (TPSA) is 0 Å². The highest BCUT2D eigenvalue weighted by atomic mass is 19.4. The molecule has 4 rings (SSSR count). The van der Waals surface area contributed by atoms with E-state index in [2.05, 4.69) is 19.1 Å². The second kappa shape index (κ2) is 9.53. The van der Waals surface area contributed by atoms with Gasteiger partial charge in [-0.05, 0) is 64.1 Å². The van der Waals surface area contributed by atoms with Crippen LogP contribution in [-0.2, 0) is 12.6 Å². The first kappa shape index (κ1) is 23.9. The summed E-state index contributed by atoms with van der Waals surface area (Å²) in [5.41, 5.74) is 0.0887. The molecule has 0 heterocycles. The third-order valence-corrected chi connectivity index (χ3v) is 5.93. The van der Waals surface area contributed by atoms with Gasteiger partial charge in [0.25, 0.3) is 0 Å². The SMILES string of the molecule is CCCCCc1ccc2c(-c3ccc(-c4cc(F)c(C(F)(F)F)c(F)c4)c(F)c3)cccc2c1. The molecule has 0 radical (unpaired) electrons. The van der Waals surface area contributed by atoms with Crippen molar-refractivity contribution in [3.05, 3.63) is 95.3 Å². The van der Waals surface area contributed by atoms with Crippen molar-refractivity contribution in [1.29, 1.82) is 0 Å². The molecule has 6 heteroatoms. The van der Waals surface area contributed by atoms with Crippen molar-refractivity contribution < 1.29 is 26.3 Å². The molecule has 0 aromatic heterocycles. The number of rotatable bonds is 6. The first-order valence-corrected chi connectivity index (χ1v) is 11.1. The Morgan fingerprint density at radius 3 is 2.03 bits per heavy atom. The van der Waals surface area contributed by atoms with E-state index in [9.17, 15) is 26.3 Å². The highest BCUT2D eigenvalue weighted by Crippen LogP contribution is 2.37. The number of hydrogen-bond acceptors (Lipinski definition) is 0. The number of unbranched alkanes of at least 4 members (excludes halogenated alkanes) is 2. The Kier molecular flexibility index (Phi) is 6.69. The molecule has 0 saturated heterocycles. The summed E-state index contributed by atoms with van der Waals surface area (Å²) in [5, 5.41) is 1.95. The largest absolute Gasteiger partial charge is 0.422 e. The smallest absolute Gasteiger partial charge is 0.206 e. The van der Waals surface area contributed by atoms with Crippen LogP contribution in [-0.4, -0.2) is 0 Å².